The van der Waals surface area contributed by atoms with Crippen LogP contribution in [0.2, 0.25) is 0 Å². The van der Waals surface area contributed by atoms with Gasteiger partial charge < -0.3 is 10.4 Å². The quantitative estimate of drug-likeness (QED) is 0.634. The molecular weight excluding hydrogens is 162 g/mol. The van der Waals surface area contributed by atoms with E-state index in [1.807, 2.05) is 0 Å². The van der Waals surface area contributed by atoms with Gasteiger partial charge in [0.2, 0.25) is 0 Å². The number of hydrogen-bond acceptors (Lipinski definition) is 2. The summed E-state index contributed by atoms with van der Waals surface area (Å²) in [6.07, 6.45) is 3.48. The molecule has 1 fully saturated rings. The molecule has 1 saturated heterocycles. The largest absolute Gasteiger partial charge is 0.396 e. The molecule has 68 valence electrons. The Labute approximate surface area is 74.8 Å². The molecule has 2 N–H and O–H groups in total. The third kappa shape index (κ3) is 3.41. The first-order valence-electron chi connectivity index (χ1n) is 4.08. The van der Waals surface area contributed by atoms with Crippen molar-refractivity contribution in [2.75, 3.05) is 19.7 Å². The highest BCUT2D eigenvalue weighted by Gasteiger charge is 2.23. The highest BCUT2D eigenvalue weighted by atomic mass is 35.5. The minimum atomic E-state index is 0. The highest BCUT2D eigenvalue weighted by molar-refractivity contribution is 5.85. The van der Waals surface area contributed by atoms with Crippen molar-refractivity contribution in [1.82, 2.24) is 5.32 Å². The summed E-state index contributed by atoms with van der Waals surface area (Å²) >= 11 is 0. The van der Waals surface area contributed by atoms with Gasteiger partial charge in [0, 0.05) is 6.61 Å². The summed E-state index contributed by atoms with van der Waals surface area (Å²) in [5, 5.41) is 12.4. The first-order chi connectivity index (χ1) is 4.77. The van der Waals surface area contributed by atoms with Crippen molar-refractivity contribution >= 4 is 12.4 Å². The second kappa shape index (κ2) is 4.96. The van der Waals surface area contributed by atoms with E-state index < -0.39 is 0 Å². The van der Waals surface area contributed by atoms with Crippen LogP contribution in [0.25, 0.3) is 0 Å². The van der Waals surface area contributed by atoms with Gasteiger partial charge in [0.25, 0.3) is 0 Å². The number of hydrogen-bond donors (Lipinski definition) is 2. The molecule has 0 radical (unpaired) electrons. The van der Waals surface area contributed by atoms with Crippen LogP contribution in [0.15, 0.2) is 0 Å². The van der Waals surface area contributed by atoms with Crippen LogP contribution in [0, 0.1) is 5.41 Å². The van der Waals surface area contributed by atoms with Crippen molar-refractivity contribution < 1.29 is 5.11 Å². The maximum Gasteiger partial charge on any atom is 0.0485 e. The van der Waals surface area contributed by atoms with Gasteiger partial charge in [-0.25, -0.2) is 0 Å². The molecule has 2 nitrogen and oxygen atoms in total. The first kappa shape index (κ1) is 11.2. The smallest absolute Gasteiger partial charge is 0.0485 e. The van der Waals surface area contributed by atoms with E-state index in [0.29, 0.717) is 6.61 Å². The topological polar surface area (TPSA) is 32.3 Å². The molecule has 1 unspecified atom stereocenters. The SMILES string of the molecule is CC1(CO)CCCNCC1.Cl. The van der Waals surface area contributed by atoms with Crippen LogP contribution in [0.1, 0.15) is 26.2 Å². The molecule has 0 aromatic rings. The summed E-state index contributed by atoms with van der Waals surface area (Å²) in [6, 6.07) is 0. The first-order valence-corrected chi connectivity index (χ1v) is 4.08. The number of aliphatic hydroxyl groups is 1. The van der Waals surface area contributed by atoms with E-state index in [1.165, 1.54) is 6.42 Å². The van der Waals surface area contributed by atoms with Crippen molar-refractivity contribution in [1.29, 1.82) is 0 Å². The van der Waals surface area contributed by atoms with Crippen LogP contribution in [-0.4, -0.2) is 24.8 Å². The minimum absolute atomic E-state index is 0. The Hall–Kier alpha value is 0.210. The van der Waals surface area contributed by atoms with E-state index in [9.17, 15) is 0 Å². The molecule has 0 amide bonds. The molecule has 0 bridgehead atoms. The molecule has 3 heteroatoms. The van der Waals surface area contributed by atoms with Crippen LogP contribution < -0.4 is 5.32 Å². The molecule has 1 atom stereocenters. The van der Waals surface area contributed by atoms with Gasteiger partial charge in [-0.15, -0.1) is 12.4 Å². The molecule has 1 heterocycles. The fourth-order valence-corrected chi connectivity index (χ4v) is 1.44. The molecular formula is C8H18ClNO. The number of halogens is 1. The fourth-order valence-electron chi connectivity index (χ4n) is 1.44. The maximum absolute atomic E-state index is 9.05. The van der Waals surface area contributed by atoms with Crippen LogP contribution in [0.4, 0.5) is 0 Å². The normalized spacial score (nSPS) is 32.2. The molecule has 1 aliphatic heterocycles. The molecule has 0 aromatic carbocycles. The van der Waals surface area contributed by atoms with Crippen LogP contribution in [0.5, 0.6) is 0 Å². The van der Waals surface area contributed by atoms with Crippen molar-refractivity contribution in [2.24, 2.45) is 5.41 Å². The van der Waals surface area contributed by atoms with Gasteiger partial charge in [-0.3, -0.25) is 0 Å². The Kier molecular flexibility index (Phi) is 5.06. The zero-order valence-corrected chi connectivity index (χ0v) is 7.91. The zero-order valence-electron chi connectivity index (χ0n) is 7.10. The van der Waals surface area contributed by atoms with Gasteiger partial charge in [-0.2, -0.15) is 0 Å². The van der Waals surface area contributed by atoms with Crippen molar-refractivity contribution in [3.05, 3.63) is 0 Å². The van der Waals surface area contributed by atoms with E-state index in [0.717, 1.165) is 25.9 Å². The van der Waals surface area contributed by atoms with Gasteiger partial charge in [-0.1, -0.05) is 6.92 Å². The lowest BCUT2D eigenvalue weighted by atomic mass is 9.84. The van der Waals surface area contributed by atoms with Crippen LogP contribution >= 0.6 is 12.4 Å². The Morgan fingerprint density at radius 3 is 2.73 bits per heavy atom. The summed E-state index contributed by atoms with van der Waals surface area (Å²) < 4.78 is 0. The second-order valence-corrected chi connectivity index (χ2v) is 3.57. The Bertz CT molecular complexity index is 100. The third-order valence-electron chi connectivity index (χ3n) is 2.42. The van der Waals surface area contributed by atoms with E-state index in [2.05, 4.69) is 12.2 Å². The van der Waals surface area contributed by atoms with E-state index >= 15 is 0 Å². The van der Waals surface area contributed by atoms with E-state index in [1.54, 1.807) is 0 Å². The predicted molar refractivity (Wildman–Crippen MR) is 49.2 cm³/mol. The van der Waals surface area contributed by atoms with Gasteiger partial charge in [0.05, 0.1) is 0 Å². The number of rotatable bonds is 1. The number of nitrogens with one attached hydrogen (secondary N) is 1. The Morgan fingerprint density at radius 2 is 2.09 bits per heavy atom. The summed E-state index contributed by atoms with van der Waals surface area (Å²) in [4.78, 5) is 0. The average molecular weight is 180 g/mol. The summed E-state index contributed by atoms with van der Waals surface area (Å²) in [5.74, 6) is 0. The molecule has 11 heavy (non-hydrogen) atoms. The molecule has 0 aromatic heterocycles. The minimum Gasteiger partial charge on any atom is -0.396 e. The lowest BCUT2D eigenvalue weighted by molar-refractivity contribution is 0.129. The number of aliphatic hydroxyl groups excluding tert-OH is 1. The van der Waals surface area contributed by atoms with Crippen molar-refractivity contribution in [2.45, 2.75) is 26.2 Å². The fraction of sp³-hybridized carbons (Fsp3) is 1.00. The van der Waals surface area contributed by atoms with E-state index in [4.69, 9.17) is 5.11 Å². The van der Waals surface area contributed by atoms with Crippen molar-refractivity contribution in [3.8, 4) is 0 Å². The van der Waals surface area contributed by atoms with Crippen LogP contribution in [0.3, 0.4) is 0 Å². The summed E-state index contributed by atoms with van der Waals surface area (Å²) in [6.45, 7) is 4.70. The highest BCUT2D eigenvalue weighted by Crippen LogP contribution is 2.27. The van der Waals surface area contributed by atoms with Crippen molar-refractivity contribution in [3.63, 3.8) is 0 Å². The summed E-state index contributed by atoms with van der Waals surface area (Å²) in [5.41, 5.74) is 0.198. The summed E-state index contributed by atoms with van der Waals surface area (Å²) in [7, 11) is 0. The Morgan fingerprint density at radius 1 is 1.36 bits per heavy atom. The molecule has 1 aliphatic rings. The lowest BCUT2D eigenvalue weighted by Gasteiger charge is -2.24. The van der Waals surface area contributed by atoms with E-state index in [-0.39, 0.29) is 17.8 Å². The van der Waals surface area contributed by atoms with Gasteiger partial charge >= 0.3 is 0 Å². The molecule has 0 saturated carbocycles. The average Bonchev–Trinajstić information content (AvgIpc) is 2.15. The monoisotopic (exact) mass is 179 g/mol. The van der Waals surface area contributed by atoms with Crippen LogP contribution in [-0.2, 0) is 0 Å². The second-order valence-electron chi connectivity index (χ2n) is 3.57. The molecule has 0 aliphatic carbocycles. The third-order valence-corrected chi connectivity index (χ3v) is 2.42. The zero-order chi connectivity index (χ0) is 7.45. The molecule has 1 rings (SSSR count). The van der Waals surface area contributed by atoms with Gasteiger partial charge in [-0.05, 0) is 37.8 Å². The lowest BCUT2D eigenvalue weighted by Crippen LogP contribution is -2.22. The maximum atomic E-state index is 9.05. The molecule has 0 spiro atoms. The van der Waals surface area contributed by atoms with Gasteiger partial charge in [0.15, 0.2) is 0 Å². The Balaban J connectivity index is 0.000001000. The predicted octanol–water partition coefficient (Wildman–Crippen LogP) is 1.18. The van der Waals surface area contributed by atoms with Gasteiger partial charge in [0.1, 0.15) is 0 Å². The standard InChI is InChI=1S/C8H17NO.ClH/c1-8(7-10)3-2-5-9-6-4-8;/h9-10H,2-7H2,1H3;1H.